The van der Waals surface area contributed by atoms with Crippen LogP contribution in [0.25, 0.3) is 49.2 Å². The van der Waals surface area contributed by atoms with Gasteiger partial charge in [-0.15, -0.1) is 0 Å². The first-order valence-corrected chi connectivity index (χ1v) is 12.7. The number of fused-ring (bicyclic) bond motifs is 2. The van der Waals surface area contributed by atoms with Crippen LogP contribution in [-0.2, 0) is 13.6 Å². The predicted octanol–water partition coefficient (Wildman–Crippen LogP) is 6.11. The minimum Gasteiger partial charge on any atom is -0.330 e. The van der Waals surface area contributed by atoms with Crippen LogP contribution in [0, 0.1) is 24.2 Å². The number of benzene rings is 2. The van der Waals surface area contributed by atoms with E-state index in [-0.39, 0.29) is 5.69 Å². The van der Waals surface area contributed by atoms with Crippen LogP contribution in [0.2, 0.25) is 0 Å². The molecule has 37 heavy (non-hydrogen) atoms. The lowest BCUT2D eigenvalue weighted by Gasteiger charge is -2.27. The number of nitrogens with zero attached hydrogens (tertiary/aromatic N) is 6. The minimum atomic E-state index is -0.547. The smallest absolute Gasteiger partial charge is 0.222 e. The van der Waals surface area contributed by atoms with Crippen molar-refractivity contribution in [2.24, 2.45) is 24.6 Å². The average Bonchev–Trinajstić information content (AvgIpc) is 3.51. The fourth-order valence-electron chi connectivity index (χ4n) is 5.65. The van der Waals surface area contributed by atoms with Crippen molar-refractivity contribution in [2.75, 3.05) is 6.54 Å². The van der Waals surface area contributed by atoms with Gasteiger partial charge in [-0.2, -0.15) is 5.10 Å². The Kier molecular flexibility index (Phi) is 5.93. The maximum absolute atomic E-state index is 14.8. The molecule has 186 valence electrons. The zero-order valence-electron chi connectivity index (χ0n) is 20.7. The molecule has 1 fully saturated rings. The van der Waals surface area contributed by atoms with Gasteiger partial charge in [0.15, 0.2) is 0 Å². The molecular formula is C29H28FN7. The van der Waals surface area contributed by atoms with E-state index in [1.165, 1.54) is 25.0 Å². The highest BCUT2D eigenvalue weighted by molar-refractivity contribution is 6.00. The Balaban J connectivity index is 1.48. The number of hydrogen-bond donors (Lipinski definition) is 1. The van der Waals surface area contributed by atoms with Crippen molar-refractivity contribution in [1.82, 2.24) is 24.3 Å². The highest BCUT2D eigenvalue weighted by Gasteiger charge is 2.23. The summed E-state index contributed by atoms with van der Waals surface area (Å²) in [5.41, 5.74) is 11.7. The Hall–Kier alpha value is -4.09. The third-order valence-electron chi connectivity index (χ3n) is 7.80. The summed E-state index contributed by atoms with van der Waals surface area (Å²) >= 11 is 0. The second-order valence-corrected chi connectivity index (χ2v) is 10.1. The molecule has 0 saturated heterocycles. The van der Waals surface area contributed by atoms with Crippen molar-refractivity contribution in [2.45, 2.75) is 32.2 Å². The van der Waals surface area contributed by atoms with Gasteiger partial charge in [-0.3, -0.25) is 9.67 Å². The molecule has 0 bridgehead atoms. The maximum atomic E-state index is 14.8. The van der Waals surface area contributed by atoms with Crippen molar-refractivity contribution in [1.29, 1.82) is 0 Å². The quantitative estimate of drug-likeness (QED) is 0.300. The van der Waals surface area contributed by atoms with Gasteiger partial charge in [0.1, 0.15) is 11.3 Å². The third kappa shape index (κ3) is 4.15. The highest BCUT2D eigenvalue weighted by Crippen LogP contribution is 2.39. The molecule has 2 aromatic carbocycles. The van der Waals surface area contributed by atoms with Crippen LogP contribution in [0.4, 0.5) is 10.1 Å². The second kappa shape index (κ2) is 9.41. The first-order chi connectivity index (χ1) is 18.1. The van der Waals surface area contributed by atoms with Gasteiger partial charge in [0.25, 0.3) is 0 Å². The number of hydrogen-bond acceptors (Lipinski definition) is 4. The standard InChI is InChI=1S/C29H28FN7/c1-32-24-9-7-20(12-23(24)30)27-28(21-8-10-25-22(11-21)14-35-36(25)2)33-15-26-29(27)34-17-37(26)16-19-5-3-18(13-31)4-6-19/h7-12,14-15,17-19H,3-6,13,16,31H2,2H3. The number of pyridine rings is 1. The van der Waals surface area contributed by atoms with E-state index >= 15 is 0 Å². The molecule has 3 heterocycles. The van der Waals surface area contributed by atoms with Crippen molar-refractivity contribution in [3.63, 3.8) is 0 Å². The van der Waals surface area contributed by atoms with Gasteiger partial charge in [-0.05, 0) is 67.8 Å². The summed E-state index contributed by atoms with van der Waals surface area (Å²) in [6.07, 6.45) is 10.3. The Morgan fingerprint density at radius 2 is 1.78 bits per heavy atom. The number of nitrogens with two attached hydrogens (primary N) is 1. The molecule has 3 aromatic heterocycles. The van der Waals surface area contributed by atoms with Crippen LogP contribution in [0.15, 0.2) is 55.1 Å². The van der Waals surface area contributed by atoms with E-state index < -0.39 is 5.82 Å². The summed E-state index contributed by atoms with van der Waals surface area (Å²) in [7, 11) is 1.91. The second-order valence-electron chi connectivity index (χ2n) is 10.1. The fourth-order valence-corrected chi connectivity index (χ4v) is 5.65. The third-order valence-corrected chi connectivity index (χ3v) is 7.80. The molecule has 8 heteroatoms. The Morgan fingerprint density at radius 3 is 2.54 bits per heavy atom. The molecule has 1 aliphatic rings. The van der Waals surface area contributed by atoms with Crippen LogP contribution in [0.3, 0.4) is 0 Å². The summed E-state index contributed by atoms with van der Waals surface area (Å²) in [5, 5.41) is 5.36. The van der Waals surface area contributed by atoms with E-state index in [0.29, 0.717) is 17.4 Å². The molecule has 1 aliphatic carbocycles. The summed E-state index contributed by atoms with van der Waals surface area (Å²) in [6.45, 7) is 8.88. The van der Waals surface area contributed by atoms with Crippen molar-refractivity contribution >= 4 is 27.6 Å². The summed E-state index contributed by atoms with van der Waals surface area (Å²) in [5.74, 6) is 0.665. The molecule has 6 rings (SSSR count). The summed E-state index contributed by atoms with van der Waals surface area (Å²) in [4.78, 5) is 13.0. The van der Waals surface area contributed by atoms with Gasteiger partial charge >= 0.3 is 0 Å². The Bertz CT molecular complexity index is 1650. The number of aromatic nitrogens is 5. The van der Waals surface area contributed by atoms with Crippen LogP contribution in [0.1, 0.15) is 25.7 Å². The van der Waals surface area contributed by atoms with E-state index in [1.54, 1.807) is 6.07 Å². The SMILES string of the molecule is [C-]#[N+]c1ccc(-c2c(-c3ccc4c(cnn4C)c3)ncc3c2ncn3CC2CCC(CN)CC2)cc1F. The Morgan fingerprint density at radius 1 is 1.00 bits per heavy atom. The lowest BCUT2D eigenvalue weighted by Crippen LogP contribution is -2.23. The minimum absolute atomic E-state index is 0.000764. The van der Waals surface area contributed by atoms with Gasteiger partial charge in [-0.25, -0.2) is 14.2 Å². The molecule has 1 saturated carbocycles. The molecule has 0 aliphatic heterocycles. The summed E-state index contributed by atoms with van der Waals surface area (Å²) < 4.78 is 18.8. The molecule has 0 radical (unpaired) electrons. The van der Waals surface area contributed by atoms with Gasteiger partial charge in [0, 0.05) is 30.1 Å². The Labute approximate surface area is 214 Å². The van der Waals surface area contributed by atoms with Gasteiger partial charge < -0.3 is 10.3 Å². The predicted molar refractivity (Wildman–Crippen MR) is 143 cm³/mol. The van der Waals surface area contributed by atoms with Crippen molar-refractivity contribution < 1.29 is 4.39 Å². The van der Waals surface area contributed by atoms with Crippen LogP contribution in [0.5, 0.6) is 0 Å². The molecule has 0 spiro atoms. The van der Waals surface area contributed by atoms with E-state index in [4.69, 9.17) is 22.3 Å². The van der Waals surface area contributed by atoms with Crippen molar-refractivity contribution in [3.8, 4) is 22.4 Å². The number of rotatable bonds is 5. The normalized spacial score (nSPS) is 17.9. The number of imidazole rings is 1. The lowest BCUT2D eigenvalue weighted by molar-refractivity contribution is 0.258. The van der Waals surface area contributed by atoms with E-state index in [9.17, 15) is 4.39 Å². The molecule has 7 nitrogen and oxygen atoms in total. The first-order valence-electron chi connectivity index (χ1n) is 12.7. The largest absolute Gasteiger partial charge is 0.330 e. The van der Waals surface area contributed by atoms with E-state index in [1.807, 2.05) is 42.6 Å². The number of halogens is 1. The topological polar surface area (TPSA) is 78.9 Å². The van der Waals surface area contributed by atoms with Crippen LogP contribution >= 0.6 is 0 Å². The molecule has 5 aromatic rings. The monoisotopic (exact) mass is 493 g/mol. The van der Waals surface area contributed by atoms with Gasteiger partial charge in [-0.1, -0.05) is 18.2 Å². The van der Waals surface area contributed by atoms with Crippen molar-refractivity contribution in [3.05, 3.63) is 72.4 Å². The van der Waals surface area contributed by atoms with Gasteiger partial charge in [0.2, 0.25) is 5.69 Å². The molecule has 0 amide bonds. The number of aryl methyl sites for hydroxylation is 1. The molecule has 0 unspecified atom stereocenters. The van der Waals surface area contributed by atoms with Gasteiger partial charge in [0.05, 0.1) is 42.0 Å². The summed E-state index contributed by atoms with van der Waals surface area (Å²) in [6, 6.07) is 10.8. The zero-order valence-corrected chi connectivity index (χ0v) is 20.7. The molecule has 2 N–H and O–H groups in total. The average molecular weight is 494 g/mol. The lowest BCUT2D eigenvalue weighted by atomic mass is 9.82. The molecular weight excluding hydrogens is 465 g/mol. The molecule has 0 atom stereocenters. The zero-order chi connectivity index (χ0) is 25.5. The van der Waals surface area contributed by atoms with Crippen LogP contribution in [-0.4, -0.2) is 30.9 Å². The highest BCUT2D eigenvalue weighted by atomic mass is 19.1. The van der Waals surface area contributed by atoms with E-state index in [2.05, 4.69) is 20.6 Å². The van der Waals surface area contributed by atoms with E-state index in [0.717, 1.165) is 64.7 Å². The maximum Gasteiger partial charge on any atom is 0.222 e. The van der Waals surface area contributed by atoms with Crippen LogP contribution < -0.4 is 5.73 Å². The fraction of sp³-hybridized carbons (Fsp3) is 0.310. The first kappa shape index (κ1) is 23.3.